The summed E-state index contributed by atoms with van der Waals surface area (Å²) in [6.45, 7) is 4.85. The molecule has 0 spiro atoms. The summed E-state index contributed by atoms with van der Waals surface area (Å²) in [5.74, 6) is 1.33. The van der Waals surface area contributed by atoms with Crippen molar-refractivity contribution in [2.45, 2.75) is 25.7 Å². The number of carbonyl (C=O) groups is 1. The zero-order chi connectivity index (χ0) is 17.9. The van der Waals surface area contributed by atoms with Crippen molar-refractivity contribution in [3.05, 3.63) is 59.7 Å². The maximum Gasteiger partial charge on any atom is 0.254 e. The average molecular weight is 351 g/mol. The zero-order valence-electron chi connectivity index (χ0n) is 15.2. The minimum atomic E-state index is 0.0705. The molecule has 1 aliphatic carbocycles. The maximum atomic E-state index is 13.0. The van der Waals surface area contributed by atoms with E-state index in [2.05, 4.69) is 16.0 Å². The van der Waals surface area contributed by atoms with Crippen LogP contribution in [0.15, 0.2) is 42.7 Å². The molecule has 2 fully saturated rings. The van der Waals surface area contributed by atoms with E-state index in [1.54, 1.807) is 12.3 Å². The van der Waals surface area contributed by atoms with E-state index >= 15 is 0 Å². The molecule has 1 aliphatic heterocycles. The molecule has 0 aromatic carbocycles. The van der Waals surface area contributed by atoms with Gasteiger partial charge in [-0.1, -0.05) is 6.07 Å². The molecule has 2 aliphatic rings. The van der Waals surface area contributed by atoms with E-state index in [4.69, 9.17) is 4.74 Å². The minimum Gasteiger partial charge on any atom is -0.381 e. The molecule has 0 bridgehead atoms. The van der Waals surface area contributed by atoms with Crippen molar-refractivity contribution in [1.82, 2.24) is 14.9 Å². The molecule has 1 amide bonds. The first-order valence-corrected chi connectivity index (χ1v) is 9.41. The van der Waals surface area contributed by atoms with Gasteiger partial charge in [-0.05, 0) is 49.9 Å². The molecule has 0 N–H and O–H groups in total. The lowest BCUT2D eigenvalue weighted by molar-refractivity contribution is 0.0739. The number of aryl methyl sites for hydroxylation is 1. The fourth-order valence-electron chi connectivity index (χ4n) is 3.67. The highest BCUT2D eigenvalue weighted by atomic mass is 16.5. The van der Waals surface area contributed by atoms with Crippen molar-refractivity contribution in [2.75, 3.05) is 26.3 Å². The van der Waals surface area contributed by atoms with Gasteiger partial charge in [0.1, 0.15) is 0 Å². The molecule has 1 saturated heterocycles. The van der Waals surface area contributed by atoms with Crippen molar-refractivity contribution in [3.8, 4) is 0 Å². The first kappa shape index (κ1) is 17.2. The lowest BCUT2D eigenvalue weighted by Gasteiger charge is -2.17. The molecular formula is C21H25N3O2. The van der Waals surface area contributed by atoms with Crippen molar-refractivity contribution in [3.63, 3.8) is 0 Å². The number of hydrogen-bond donors (Lipinski definition) is 0. The Labute approximate surface area is 154 Å². The van der Waals surface area contributed by atoms with Crippen LogP contribution in [0.2, 0.25) is 0 Å². The van der Waals surface area contributed by atoms with E-state index in [0.717, 1.165) is 23.9 Å². The van der Waals surface area contributed by atoms with E-state index in [-0.39, 0.29) is 17.7 Å². The van der Waals surface area contributed by atoms with E-state index in [1.807, 2.05) is 36.2 Å². The Morgan fingerprint density at radius 1 is 1.15 bits per heavy atom. The topological polar surface area (TPSA) is 55.3 Å². The Morgan fingerprint density at radius 2 is 2.04 bits per heavy atom. The third-order valence-electron chi connectivity index (χ3n) is 5.32. The number of ether oxygens (including phenoxy) is 1. The lowest BCUT2D eigenvalue weighted by atomic mass is 9.93. The van der Waals surface area contributed by atoms with Crippen LogP contribution in [0.3, 0.4) is 0 Å². The van der Waals surface area contributed by atoms with Crippen molar-refractivity contribution >= 4 is 5.91 Å². The van der Waals surface area contributed by atoms with Crippen LogP contribution in [0.4, 0.5) is 0 Å². The predicted molar refractivity (Wildman–Crippen MR) is 98.9 cm³/mol. The van der Waals surface area contributed by atoms with Gasteiger partial charge in [0.2, 0.25) is 0 Å². The van der Waals surface area contributed by atoms with Crippen LogP contribution in [-0.4, -0.2) is 47.1 Å². The molecule has 4 rings (SSSR count). The Kier molecular flexibility index (Phi) is 4.98. The number of likely N-dealkylation sites (tertiary alicyclic amines) is 1. The third-order valence-corrected chi connectivity index (χ3v) is 5.32. The second-order valence-electron chi connectivity index (χ2n) is 7.50. The van der Waals surface area contributed by atoms with Gasteiger partial charge < -0.3 is 9.64 Å². The normalized spacial score (nSPS) is 22.6. The molecule has 3 heterocycles. The molecule has 136 valence electrons. The maximum absolute atomic E-state index is 13.0. The molecule has 5 heteroatoms. The van der Waals surface area contributed by atoms with Crippen molar-refractivity contribution in [2.24, 2.45) is 11.8 Å². The fourth-order valence-corrected chi connectivity index (χ4v) is 3.67. The van der Waals surface area contributed by atoms with Gasteiger partial charge in [-0.2, -0.15) is 0 Å². The quantitative estimate of drug-likeness (QED) is 0.803. The Morgan fingerprint density at radius 3 is 2.77 bits per heavy atom. The van der Waals surface area contributed by atoms with Gasteiger partial charge in [-0.3, -0.25) is 14.8 Å². The number of amides is 1. The summed E-state index contributed by atoms with van der Waals surface area (Å²) in [7, 11) is 0. The minimum absolute atomic E-state index is 0.0705. The Hall–Kier alpha value is -2.27. The van der Waals surface area contributed by atoms with Gasteiger partial charge in [-0.25, -0.2) is 0 Å². The van der Waals surface area contributed by atoms with E-state index < -0.39 is 0 Å². The van der Waals surface area contributed by atoms with Gasteiger partial charge in [0.15, 0.2) is 0 Å². The fraction of sp³-hybridized carbons (Fsp3) is 0.476. The molecule has 2 aromatic rings. The summed E-state index contributed by atoms with van der Waals surface area (Å²) in [5.41, 5.74) is 2.62. The van der Waals surface area contributed by atoms with Crippen LogP contribution in [0, 0.1) is 18.8 Å². The third kappa shape index (κ3) is 3.93. The second-order valence-corrected chi connectivity index (χ2v) is 7.50. The van der Waals surface area contributed by atoms with Gasteiger partial charge in [0.25, 0.3) is 5.91 Å². The smallest absolute Gasteiger partial charge is 0.254 e. The number of carbonyl (C=O) groups excluding carboxylic acids is 1. The van der Waals surface area contributed by atoms with Gasteiger partial charge in [-0.15, -0.1) is 0 Å². The monoisotopic (exact) mass is 351 g/mol. The predicted octanol–water partition coefficient (Wildman–Crippen LogP) is 3.07. The summed E-state index contributed by atoms with van der Waals surface area (Å²) < 4.78 is 5.97. The standard InChI is InChI=1S/C21H25N3O2/c1-15-10-17(7-9-22-15)21(25)24-11-18(14-26-13-16-5-6-16)19(12-24)20-4-2-3-8-23-20/h2-4,7-10,16,18-19H,5-6,11-14H2,1H3. The number of aromatic nitrogens is 2. The first-order chi connectivity index (χ1) is 12.7. The molecule has 1 saturated carbocycles. The zero-order valence-corrected chi connectivity index (χ0v) is 15.2. The number of rotatable bonds is 6. The average Bonchev–Trinajstić information content (AvgIpc) is 3.39. The van der Waals surface area contributed by atoms with Gasteiger partial charge in [0, 0.05) is 60.9 Å². The van der Waals surface area contributed by atoms with E-state index in [9.17, 15) is 4.79 Å². The Bertz CT molecular complexity index is 761. The molecule has 2 atom stereocenters. The highest BCUT2D eigenvalue weighted by Gasteiger charge is 2.37. The van der Waals surface area contributed by atoms with E-state index in [0.29, 0.717) is 25.3 Å². The van der Waals surface area contributed by atoms with Crippen LogP contribution >= 0.6 is 0 Å². The number of pyridine rings is 2. The summed E-state index contributed by atoms with van der Waals surface area (Å²) >= 11 is 0. The summed E-state index contributed by atoms with van der Waals surface area (Å²) in [5, 5.41) is 0. The van der Waals surface area contributed by atoms with Crippen molar-refractivity contribution in [1.29, 1.82) is 0 Å². The second kappa shape index (κ2) is 7.54. The number of nitrogens with zero attached hydrogens (tertiary/aromatic N) is 3. The molecule has 26 heavy (non-hydrogen) atoms. The highest BCUT2D eigenvalue weighted by molar-refractivity contribution is 5.94. The molecule has 5 nitrogen and oxygen atoms in total. The van der Waals surface area contributed by atoms with Crippen LogP contribution < -0.4 is 0 Å². The van der Waals surface area contributed by atoms with Crippen LogP contribution in [0.1, 0.15) is 40.5 Å². The summed E-state index contributed by atoms with van der Waals surface area (Å²) in [4.78, 5) is 23.6. The van der Waals surface area contributed by atoms with Crippen LogP contribution in [0.5, 0.6) is 0 Å². The molecule has 2 aromatic heterocycles. The largest absolute Gasteiger partial charge is 0.381 e. The first-order valence-electron chi connectivity index (χ1n) is 9.41. The molecular weight excluding hydrogens is 326 g/mol. The number of hydrogen-bond acceptors (Lipinski definition) is 4. The highest BCUT2D eigenvalue weighted by Crippen LogP contribution is 2.34. The molecule has 2 unspecified atom stereocenters. The van der Waals surface area contributed by atoms with Crippen LogP contribution in [-0.2, 0) is 4.74 Å². The summed E-state index contributed by atoms with van der Waals surface area (Å²) in [6, 6.07) is 9.65. The van der Waals surface area contributed by atoms with Gasteiger partial charge >= 0.3 is 0 Å². The van der Waals surface area contributed by atoms with Crippen molar-refractivity contribution < 1.29 is 9.53 Å². The van der Waals surface area contributed by atoms with Gasteiger partial charge in [0.05, 0.1) is 6.61 Å². The van der Waals surface area contributed by atoms with Crippen LogP contribution in [0.25, 0.3) is 0 Å². The SMILES string of the molecule is Cc1cc(C(=O)N2CC(COCC3CC3)C(c3ccccn3)C2)ccn1. The lowest BCUT2D eigenvalue weighted by Crippen LogP contribution is -2.29. The van der Waals surface area contributed by atoms with E-state index in [1.165, 1.54) is 12.8 Å². The molecule has 0 radical (unpaired) electrons. The Balaban J connectivity index is 1.49. The summed E-state index contributed by atoms with van der Waals surface area (Å²) in [6.07, 6.45) is 6.11.